The molecule has 0 aliphatic carbocycles. The molecule has 1 atom stereocenters. The van der Waals surface area contributed by atoms with E-state index in [9.17, 15) is 0 Å². The first-order chi connectivity index (χ1) is 6.59. The van der Waals surface area contributed by atoms with Gasteiger partial charge in [0, 0.05) is 12.2 Å². The second-order valence-corrected chi connectivity index (χ2v) is 3.66. The van der Waals surface area contributed by atoms with Crippen LogP contribution in [0.4, 0.5) is 5.82 Å². The standard InChI is InChI=1S/C10H14ClN3/c1-7(12)3-2-4-8-5-9(11)10(13)14-6-8/h2,4-7H,3,12H2,1H3,(H2,13,14)/b4-2+/t7-/m1/s1. The molecule has 0 saturated heterocycles. The number of rotatable bonds is 3. The molecule has 0 unspecified atom stereocenters. The van der Waals surface area contributed by atoms with Gasteiger partial charge in [0.25, 0.3) is 0 Å². The van der Waals surface area contributed by atoms with Gasteiger partial charge in [-0.3, -0.25) is 0 Å². The van der Waals surface area contributed by atoms with Crippen LogP contribution >= 0.6 is 11.6 Å². The zero-order valence-electron chi connectivity index (χ0n) is 8.07. The Hall–Kier alpha value is -1.06. The van der Waals surface area contributed by atoms with E-state index in [4.69, 9.17) is 23.1 Å². The summed E-state index contributed by atoms with van der Waals surface area (Å²) in [4.78, 5) is 3.94. The molecule has 0 aliphatic rings. The summed E-state index contributed by atoms with van der Waals surface area (Å²) in [6.45, 7) is 1.96. The Labute approximate surface area is 88.8 Å². The molecular formula is C10H14ClN3. The molecule has 0 bridgehead atoms. The monoisotopic (exact) mass is 211 g/mol. The first kappa shape index (κ1) is 11.0. The fourth-order valence-electron chi connectivity index (χ4n) is 0.973. The molecule has 0 radical (unpaired) electrons. The van der Waals surface area contributed by atoms with E-state index in [0.29, 0.717) is 10.8 Å². The highest BCUT2D eigenvalue weighted by Crippen LogP contribution is 2.17. The van der Waals surface area contributed by atoms with Crippen LogP contribution in [0.1, 0.15) is 18.9 Å². The summed E-state index contributed by atoms with van der Waals surface area (Å²) in [5.41, 5.74) is 12.0. The van der Waals surface area contributed by atoms with Crippen LogP contribution in [-0.2, 0) is 0 Å². The summed E-state index contributed by atoms with van der Waals surface area (Å²) in [7, 11) is 0. The molecule has 14 heavy (non-hydrogen) atoms. The molecule has 0 aliphatic heterocycles. The molecule has 1 heterocycles. The van der Waals surface area contributed by atoms with Crippen molar-refractivity contribution in [2.75, 3.05) is 5.73 Å². The fourth-order valence-corrected chi connectivity index (χ4v) is 1.15. The van der Waals surface area contributed by atoms with Crippen molar-refractivity contribution >= 4 is 23.5 Å². The van der Waals surface area contributed by atoms with Gasteiger partial charge >= 0.3 is 0 Å². The lowest BCUT2D eigenvalue weighted by Gasteiger charge is -1.99. The smallest absolute Gasteiger partial charge is 0.142 e. The zero-order chi connectivity index (χ0) is 10.6. The van der Waals surface area contributed by atoms with Crippen LogP contribution in [0, 0.1) is 0 Å². The third-order valence-corrected chi connectivity index (χ3v) is 2.01. The third kappa shape index (κ3) is 3.36. The zero-order valence-corrected chi connectivity index (χ0v) is 8.83. The molecule has 0 saturated carbocycles. The number of aromatic nitrogens is 1. The molecule has 4 N–H and O–H groups in total. The Morgan fingerprint density at radius 2 is 2.36 bits per heavy atom. The Kier molecular flexibility index (Phi) is 3.92. The number of nitrogens with two attached hydrogens (primary N) is 2. The molecule has 1 aromatic heterocycles. The van der Waals surface area contributed by atoms with Gasteiger partial charge in [-0.05, 0) is 25.0 Å². The maximum atomic E-state index is 5.81. The quantitative estimate of drug-likeness (QED) is 0.805. The average molecular weight is 212 g/mol. The Bertz CT molecular complexity index is 334. The van der Waals surface area contributed by atoms with E-state index in [1.54, 1.807) is 12.3 Å². The summed E-state index contributed by atoms with van der Waals surface area (Å²) in [6, 6.07) is 1.95. The number of hydrogen-bond donors (Lipinski definition) is 2. The van der Waals surface area contributed by atoms with Crippen molar-refractivity contribution in [1.82, 2.24) is 4.98 Å². The number of nitrogen functional groups attached to an aromatic ring is 1. The van der Waals surface area contributed by atoms with Crippen LogP contribution in [0.25, 0.3) is 6.08 Å². The van der Waals surface area contributed by atoms with Crippen molar-refractivity contribution in [1.29, 1.82) is 0 Å². The number of halogens is 1. The van der Waals surface area contributed by atoms with Gasteiger partial charge in [0.05, 0.1) is 5.02 Å². The fraction of sp³-hybridized carbons (Fsp3) is 0.300. The van der Waals surface area contributed by atoms with Gasteiger partial charge in [-0.15, -0.1) is 0 Å². The summed E-state index contributed by atoms with van der Waals surface area (Å²) in [6.07, 6.45) is 6.44. The van der Waals surface area contributed by atoms with E-state index < -0.39 is 0 Å². The van der Waals surface area contributed by atoms with E-state index in [1.807, 2.05) is 19.1 Å². The number of nitrogens with zero attached hydrogens (tertiary/aromatic N) is 1. The highest BCUT2D eigenvalue weighted by atomic mass is 35.5. The van der Waals surface area contributed by atoms with Gasteiger partial charge in [0.15, 0.2) is 0 Å². The van der Waals surface area contributed by atoms with E-state index in [0.717, 1.165) is 12.0 Å². The molecule has 1 rings (SSSR count). The molecular weight excluding hydrogens is 198 g/mol. The normalized spacial score (nSPS) is 13.4. The van der Waals surface area contributed by atoms with E-state index in [2.05, 4.69) is 4.98 Å². The molecule has 4 heteroatoms. The van der Waals surface area contributed by atoms with Gasteiger partial charge in [-0.2, -0.15) is 0 Å². The minimum Gasteiger partial charge on any atom is -0.382 e. The molecule has 76 valence electrons. The molecule has 0 aromatic carbocycles. The minimum atomic E-state index is 0.170. The summed E-state index contributed by atoms with van der Waals surface area (Å²) >= 11 is 5.81. The summed E-state index contributed by atoms with van der Waals surface area (Å²) in [5, 5.41) is 0.480. The van der Waals surface area contributed by atoms with E-state index in [-0.39, 0.29) is 6.04 Å². The average Bonchev–Trinajstić information content (AvgIpc) is 2.10. The van der Waals surface area contributed by atoms with Crippen LogP contribution < -0.4 is 11.5 Å². The maximum absolute atomic E-state index is 5.81. The molecule has 1 aromatic rings. The van der Waals surface area contributed by atoms with Crippen molar-refractivity contribution in [3.8, 4) is 0 Å². The lowest BCUT2D eigenvalue weighted by Crippen LogP contribution is -2.12. The van der Waals surface area contributed by atoms with Crippen LogP contribution in [0.3, 0.4) is 0 Å². The first-order valence-corrected chi connectivity index (χ1v) is 4.80. The third-order valence-electron chi connectivity index (χ3n) is 1.71. The van der Waals surface area contributed by atoms with E-state index >= 15 is 0 Å². The largest absolute Gasteiger partial charge is 0.382 e. The van der Waals surface area contributed by atoms with Gasteiger partial charge in [-0.1, -0.05) is 23.8 Å². The highest BCUT2D eigenvalue weighted by Gasteiger charge is 1.96. The van der Waals surface area contributed by atoms with Crippen molar-refractivity contribution in [2.24, 2.45) is 5.73 Å². The van der Waals surface area contributed by atoms with E-state index in [1.165, 1.54) is 0 Å². The number of anilines is 1. The number of pyridine rings is 1. The van der Waals surface area contributed by atoms with Crippen molar-refractivity contribution < 1.29 is 0 Å². The first-order valence-electron chi connectivity index (χ1n) is 4.42. The predicted molar refractivity (Wildman–Crippen MR) is 61.0 cm³/mol. The molecule has 0 spiro atoms. The molecule has 3 nitrogen and oxygen atoms in total. The lowest BCUT2D eigenvalue weighted by molar-refractivity contribution is 0.759. The van der Waals surface area contributed by atoms with Crippen LogP contribution in [-0.4, -0.2) is 11.0 Å². The second-order valence-electron chi connectivity index (χ2n) is 3.25. The Morgan fingerprint density at radius 1 is 1.64 bits per heavy atom. The summed E-state index contributed by atoms with van der Waals surface area (Å²) < 4.78 is 0. The second kappa shape index (κ2) is 4.98. The van der Waals surface area contributed by atoms with Crippen LogP contribution in [0.15, 0.2) is 18.3 Å². The predicted octanol–water partition coefficient (Wildman–Crippen LogP) is 2.07. The summed E-state index contributed by atoms with van der Waals surface area (Å²) in [5.74, 6) is 0.357. The maximum Gasteiger partial charge on any atom is 0.142 e. The van der Waals surface area contributed by atoms with Gasteiger partial charge < -0.3 is 11.5 Å². The minimum absolute atomic E-state index is 0.170. The topological polar surface area (TPSA) is 64.9 Å². The van der Waals surface area contributed by atoms with Gasteiger partial charge in [0.2, 0.25) is 0 Å². The van der Waals surface area contributed by atoms with Crippen molar-refractivity contribution in [2.45, 2.75) is 19.4 Å². The van der Waals surface area contributed by atoms with Crippen molar-refractivity contribution in [3.05, 3.63) is 28.9 Å². The lowest BCUT2D eigenvalue weighted by atomic mass is 10.2. The van der Waals surface area contributed by atoms with Gasteiger partial charge in [-0.25, -0.2) is 4.98 Å². The highest BCUT2D eigenvalue weighted by molar-refractivity contribution is 6.32. The Balaban J connectivity index is 2.68. The SMILES string of the molecule is C[C@@H](N)C/C=C/c1cnc(N)c(Cl)c1. The molecule has 0 fully saturated rings. The Morgan fingerprint density at radius 3 is 2.93 bits per heavy atom. The van der Waals surface area contributed by atoms with Crippen LogP contribution in [0.2, 0.25) is 5.02 Å². The van der Waals surface area contributed by atoms with Crippen LogP contribution in [0.5, 0.6) is 0 Å². The van der Waals surface area contributed by atoms with Crippen molar-refractivity contribution in [3.63, 3.8) is 0 Å². The van der Waals surface area contributed by atoms with Gasteiger partial charge in [0.1, 0.15) is 5.82 Å². The molecule has 0 amide bonds. The number of hydrogen-bond acceptors (Lipinski definition) is 3.